The Morgan fingerprint density at radius 3 is 2.79 bits per heavy atom. The van der Waals surface area contributed by atoms with Crippen molar-refractivity contribution in [2.24, 2.45) is 0 Å². The first kappa shape index (κ1) is 16.1. The van der Waals surface area contributed by atoms with Crippen LogP contribution in [0.2, 0.25) is 0 Å². The summed E-state index contributed by atoms with van der Waals surface area (Å²) in [5, 5.41) is 1.38. The molecular weight excluding hydrogens is 298 g/mol. The largest absolute Gasteiger partial charge is 0.372 e. The molecule has 0 unspecified atom stereocenters. The SMILES string of the molecule is CCN1CCOC2(CCN(CCc3c[nH]c4ccccc34)CC2)C1. The van der Waals surface area contributed by atoms with Gasteiger partial charge in [-0.2, -0.15) is 0 Å². The molecule has 2 aliphatic rings. The predicted molar refractivity (Wildman–Crippen MR) is 98.5 cm³/mol. The Kier molecular flexibility index (Phi) is 4.61. The van der Waals surface area contributed by atoms with Gasteiger partial charge in [-0.05, 0) is 37.4 Å². The van der Waals surface area contributed by atoms with E-state index in [1.165, 1.54) is 42.4 Å². The molecule has 1 aromatic carbocycles. The fourth-order valence-corrected chi connectivity index (χ4v) is 4.30. The second-order valence-corrected chi connectivity index (χ2v) is 7.35. The van der Waals surface area contributed by atoms with Gasteiger partial charge in [0.2, 0.25) is 0 Å². The lowest BCUT2D eigenvalue weighted by Crippen LogP contribution is -2.56. The molecule has 0 bridgehead atoms. The summed E-state index contributed by atoms with van der Waals surface area (Å²) in [4.78, 5) is 8.55. The summed E-state index contributed by atoms with van der Waals surface area (Å²) in [6.45, 7) is 10.0. The van der Waals surface area contributed by atoms with E-state index in [1.54, 1.807) is 0 Å². The van der Waals surface area contributed by atoms with E-state index in [1.807, 2.05) is 0 Å². The molecule has 4 rings (SSSR count). The van der Waals surface area contributed by atoms with Gasteiger partial charge in [-0.1, -0.05) is 25.1 Å². The summed E-state index contributed by atoms with van der Waals surface area (Å²) >= 11 is 0. The molecule has 1 spiro atoms. The van der Waals surface area contributed by atoms with Crippen LogP contribution in [0.5, 0.6) is 0 Å². The number of likely N-dealkylation sites (tertiary alicyclic amines) is 1. The number of hydrogen-bond acceptors (Lipinski definition) is 3. The molecule has 0 saturated carbocycles. The molecule has 4 nitrogen and oxygen atoms in total. The van der Waals surface area contributed by atoms with Crippen LogP contribution in [-0.4, -0.2) is 66.3 Å². The third-order valence-electron chi connectivity index (χ3n) is 5.91. The van der Waals surface area contributed by atoms with Crippen LogP contribution in [0.4, 0.5) is 0 Å². The van der Waals surface area contributed by atoms with E-state index in [-0.39, 0.29) is 5.60 Å². The number of morpholine rings is 1. The van der Waals surface area contributed by atoms with Crippen molar-refractivity contribution < 1.29 is 4.74 Å². The van der Waals surface area contributed by atoms with Crippen molar-refractivity contribution in [3.05, 3.63) is 36.0 Å². The first-order valence-electron chi connectivity index (χ1n) is 9.42. The van der Waals surface area contributed by atoms with Gasteiger partial charge in [-0.15, -0.1) is 0 Å². The van der Waals surface area contributed by atoms with Crippen LogP contribution >= 0.6 is 0 Å². The van der Waals surface area contributed by atoms with E-state index in [0.717, 1.165) is 39.2 Å². The molecule has 0 radical (unpaired) electrons. The molecule has 0 atom stereocenters. The lowest BCUT2D eigenvalue weighted by atomic mass is 9.89. The summed E-state index contributed by atoms with van der Waals surface area (Å²) < 4.78 is 6.22. The van der Waals surface area contributed by atoms with Crippen LogP contribution in [0.1, 0.15) is 25.3 Å². The molecule has 0 amide bonds. The van der Waals surface area contributed by atoms with Crippen LogP contribution in [0.25, 0.3) is 10.9 Å². The fraction of sp³-hybridized carbons (Fsp3) is 0.600. The maximum Gasteiger partial charge on any atom is 0.0833 e. The number of aromatic nitrogens is 1. The van der Waals surface area contributed by atoms with Crippen LogP contribution in [0.15, 0.2) is 30.5 Å². The van der Waals surface area contributed by atoms with Gasteiger partial charge in [-0.3, -0.25) is 4.90 Å². The highest BCUT2D eigenvalue weighted by molar-refractivity contribution is 5.83. The third kappa shape index (κ3) is 3.23. The average molecular weight is 327 g/mol. The number of nitrogens with zero attached hydrogens (tertiary/aromatic N) is 2. The zero-order valence-corrected chi connectivity index (χ0v) is 14.8. The number of rotatable bonds is 4. The first-order valence-corrected chi connectivity index (χ1v) is 9.42. The minimum absolute atomic E-state index is 0.130. The monoisotopic (exact) mass is 327 g/mol. The normalized spacial score (nSPS) is 22.4. The van der Waals surface area contributed by atoms with Crippen molar-refractivity contribution in [3.8, 4) is 0 Å². The first-order chi connectivity index (χ1) is 11.8. The Labute approximate surface area is 144 Å². The second-order valence-electron chi connectivity index (χ2n) is 7.35. The van der Waals surface area contributed by atoms with Gasteiger partial charge in [0.1, 0.15) is 0 Å². The average Bonchev–Trinajstić information content (AvgIpc) is 3.05. The Morgan fingerprint density at radius 2 is 1.96 bits per heavy atom. The van der Waals surface area contributed by atoms with Gasteiger partial charge in [-0.25, -0.2) is 0 Å². The van der Waals surface area contributed by atoms with Crippen LogP contribution in [0.3, 0.4) is 0 Å². The van der Waals surface area contributed by atoms with Gasteiger partial charge < -0.3 is 14.6 Å². The third-order valence-corrected chi connectivity index (χ3v) is 5.91. The van der Waals surface area contributed by atoms with Crippen LogP contribution in [-0.2, 0) is 11.2 Å². The van der Waals surface area contributed by atoms with Crippen molar-refractivity contribution in [2.75, 3.05) is 45.9 Å². The van der Waals surface area contributed by atoms with E-state index in [2.05, 4.69) is 52.2 Å². The van der Waals surface area contributed by atoms with Gasteiger partial charge in [0.25, 0.3) is 0 Å². The van der Waals surface area contributed by atoms with E-state index in [4.69, 9.17) is 4.74 Å². The second kappa shape index (κ2) is 6.87. The van der Waals surface area contributed by atoms with E-state index in [9.17, 15) is 0 Å². The smallest absolute Gasteiger partial charge is 0.0833 e. The summed E-state index contributed by atoms with van der Waals surface area (Å²) in [7, 11) is 0. The standard InChI is InChI=1S/C20H29N3O/c1-2-22-13-14-24-20(16-22)8-11-23(12-9-20)10-7-17-15-21-19-6-4-3-5-18(17)19/h3-6,15,21H,2,7-14,16H2,1H3. The fourth-order valence-electron chi connectivity index (χ4n) is 4.30. The Hall–Kier alpha value is -1.36. The van der Waals surface area contributed by atoms with Crippen molar-refractivity contribution >= 4 is 10.9 Å². The molecule has 4 heteroatoms. The highest BCUT2D eigenvalue weighted by atomic mass is 16.5. The maximum atomic E-state index is 6.22. The number of aromatic amines is 1. The molecule has 130 valence electrons. The zero-order valence-electron chi connectivity index (χ0n) is 14.8. The number of benzene rings is 1. The number of likely N-dealkylation sites (N-methyl/N-ethyl adjacent to an activating group) is 1. The Morgan fingerprint density at radius 1 is 1.12 bits per heavy atom. The lowest BCUT2D eigenvalue weighted by Gasteiger charge is -2.47. The van der Waals surface area contributed by atoms with E-state index in [0.29, 0.717) is 0 Å². The van der Waals surface area contributed by atoms with Crippen molar-refractivity contribution in [3.63, 3.8) is 0 Å². The van der Waals surface area contributed by atoms with Gasteiger partial charge in [0.15, 0.2) is 0 Å². The predicted octanol–water partition coefficient (Wildman–Crippen LogP) is 2.90. The molecule has 2 aliphatic heterocycles. The topological polar surface area (TPSA) is 31.5 Å². The van der Waals surface area contributed by atoms with E-state index >= 15 is 0 Å². The highest BCUT2D eigenvalue weighted by Crippen LogP contribution is 2.30. The number of H-pyrrole nitrogens is 1. The summed E-state index contributed by atoms with van der Waals surface area (Å²) in [6, 6.07) is 8.60. The van der Waals surface area contributed by atoms with Crippen LogP contribution in [0, 0.1) is 0 Å². The highest BCUT2D eigenvalue weighted by Gasteiger charge is 2.39. The summed E-state index contributed by atoms with van der Waals surface area (Å²) in [5.41, 5.74) is 2.82. The maximum absolute atomic E-state index is 6.22. The zero-order chi connectivity index (χ0) is 16.4. The molecule has 2 aromatic rings. The lowest BCUT2D eigenvalue weighted by molar-refractivity contribution is -0.134. The van der Waals surface area contributed by atoms with E-state index < -0.39 is 0 Å². The molecular formula is C20H29N3O. The molecule has 2 saturated heterocycles. The number of nitrogens with one attached hydrogen (secondary N) is 1. The van der Waals surface area contributed by atoms with Crippen molar-refractivity contribution in [1.29, 1.82) is 0 Å². The van der Waals surface area contributed by atoms with Gasteiger partial charge >= 0.3 is 0 Å². The molecule has 1 aromatic heterocycles. The molecule has 3 heterocycles. The van der Waals surface area contributed by atoms with Crippen molar-refractivity contribution in [1.82, 2.24) is 14.8 Å². The summed E-state index contributed by atoms with van der Waals surface area (Å²) in [6.07, 6.45) is 5.66. The van der Waals surface area contributed by atoms with Gasteiger partial charge in [0, 0.05) is 49.8 Å². The Balaban J connectivity index is 1.32. The van der Waals surface area contributed by atoms with Gasteiger partial charge in [0.05, 0.1) is 12.2 Å². The molecule has 0 aliphatic carbocycles. The molecule has 1 N–H and O–H groups in total. The number of fused-ring (bicyclic) bond motifs is 1. The number of piperidine rings is 1. The number of para-hydroxylation sites is 1. The minimum Gasteiger partial charge on any atom is -0.372 e. The number of hydrogen-bond donors (Lipinski definition) is 1. The van der Waals surface area contributed by atoms with Crippen LogP contribution < -0.4 is 0 Å². The number of ether oxygens (including phenoxy) is 1. The van der Waals surface area contributed by atoms with Crippen molar-refractivity contribution in [2.45, 2.75) is 31.8 Å². The quantitative estimate of drug-likeness (QED) is 0.937. The molecule has 24 heavy (non-hydrogen) atoms. The summed E-state index contributed by atoms with van der Waals surface area (Å²) in [5.74, 6) is 0. The molecule has 2 fully saturated rings. The minimum atomic E-state index is 0.130. The Bertz CT molecular complexity index is 672.